The van der Waals surface area contributed by atoms with Crippen LogP contribution in [-0.4, -0.2) is 42.2 Å². The zero-order valence-electron chi connectivity index (χ0n) is 15.5. The Bertz CT molecular complexity index is 944. The lowest BCUT2D eigenvalue weighted by Gasteiger charge is -2.20. The molecular formula is C20H19F3N2O4. The van der Waals surface area contributed by atoms with Gasteiger partial charge in [-0.1, -0.05) is 12.1 Å². The van der Waals surface area contributed by atoms with E-state index in [-0.39, 0.29) is 19.0 Å². The van der Waals surface area contributed by atoms with Gasteiger partial charge in [-0.15, -0.1) is 0 Å². The van der Waals surface area contributed by atoms with Crippen LogP contribution in [0.2, 0.25) is 0 Å². The van der Waals surface area contributed by atoms with E-state index in [0.29, 0.717) is 41.1 Å². The van der Waals surface area contributed by atoms with Crippen LogP contribution >= 0.6 is 0 Å². The Hall–Kier alpha value is -3.23. The Morgan fingerprint density at radius 3 is 2.55 bits per heavy atom. The molecule has 0 aromatic heterocycles. The summed E-state index contributed by atoms with van der Waals surface area (Å²) in [5.41, 5.74) is 0.869. The third-order valence-electron chi connectivity index (χ3n) is 4.65. The van der Waals surface area contributed by atoms with Gasteiger partial charge in [0.1, 0.15) is 5.75 Å². The van der Waals surface area contributed by atoms with Crippen molar-refractivity contribution in [2.24, 2.45) is 0 Å². The topological polar surface area (TPSA) is 78.9 Å². The fourth-order valence-electron chi connectivity index (χ4n) is 3.28. The lowest BCUT2D eigenvalue weighted by atomic mass is 9.94. The Labute approximate surface area is 164 Å². The molecule has 1 saturated heterocycles. The van der Waals surface area contributed by atoms with Crippen LogP contribution in [0.4, 0.5) is 18.0 Å². The van der Waals surface area contributed by atoms with Crippen molar-refractivity contribution in [1.82, 2.24) is 10.2 Å². The van der Waals surface area contributed by atoms with Gasteiger partial charge in [-0.2, -0.15) is 13.2 Å². The summed E-state index contributed by atoms with van der Waals surface area (Å²) in [6.07, 6.45) is -4.77. The summed E-state index contributed by atoms with van der Waals surface area (Å²) in [4.78, 5) is 24.4. The summed E-state index contributed by atoms with van der Waals surface area (Å²) >= 11 is 0. The molecule has 1 fully saturated rings. The van der Waals surface area contributed by atoms with Crippen molar-refractivity contribution in [3.8, 4) is 16.9 Å². The summed E-state index contributed by atoms with van der Waals surface area (Å²) < 4.78 is 45.1. The van der Waals surface area contributed by atoms with Gasteiger partial charge < -0.3 is 20.1 Å². The number of amides is 2. The Balaban J connectivity index is 2.12. The average molecular weight is 408 g/mol. The zero-order valence-corrected chi connectivity index (χ0v) is 15.5. The number of carboxylic acids is 1. The number of nitrogens with one attached hydrogen (secondary N) is 1. The molecule has 0 saturated carbocycles. The molecule has 1 aliphatic heterocycles. The van der Waals surface area contributed by atoms with Gasteiger partial charge in [-0.3, -0.25) is 4.79 Å². The normalized spacial score (nSPS) is 14.1. The largest absolute Gasteiger partial charge is 0.496 e. The number of methoxy groups -OCH3 is 1. The number of hydrogen-bond acceptors (Lipinski definition) is 3. The zero-order chi connectivity index (χ0) is 21.2. The number of urea groups is 1. The smallest absolute Gasteiger partial charge is 0.416 e. The number of carboxylic acid groups (broad SMARTS) is 1. The third kappa shape index (κ3) is 4.61. The molecule has 3 rings (SSSR count). The maximum absolute atomic E-state index is 13.3. The second-order valence-electron chi connectivity index (χ2n) is 6.63. The van der Waals surface area contributed by atoms with Crippen LogP contribution in [0.3, 0.4) is 0 Å². The average Bonchev–Trinajstić information content (AvgIpc) is 3.05. The van der Waals surface area contributed by atoms with E-state index in [0.717, 1.165) is 12.1 Å². The van der Waals surface area contributed by atoms with Gasteiger partial charge in [-0.05, 0) is 41.0 Å². The first-order valence-electron chi connectivity index (χ1n) is 8.81. The number of nitrogens with zero attached hydrogens (tertiary/aromatic N) is 1. The number of carbonyl (C=O) groups excluding carboxylic acids is 1. The van der Waals surface area contributed by atoms with Crippen molar-refractivity contribution in [3.05, 3.63) is 53.1 Å². The van der Waals surface area contributed by atoms with Crippen molar-refractivity contribution in [2.45, 2.75) is 19.1 Å². The van der Waals surface area contributed by atoms with Gasteiger partial charge in [-0.25, -0.2) is 4.79 Å². The van der Waals surface area contributed by atoms with Crippen LogP contribution in [-0.2, 0) is 23.9 Å². The molecule has 1 aliphatic rings. The van der Waals surface area contributed by atoms with E-state index < -0.39 is 17.7 Å². The number of aliphatic carboxylic acids is 1. The molecule has 2 aromatic rings. The number of halogens is 3. The maximum atomic E-state index is 13.3. The summed E-state index contributed by atoms with van der Waals surface area (Å²) in [5, 5.41) is 11.7. The fraction of sp³-hybridized carbons (Fsp3) is 0.300. The highest BCUT2D eigenvalue weighted by atomic mass is 19.4. The van der Waals surface area contributed by atoms with Gasteiger partial charge in [0, 0.05) is 25.2 Å². The van der Waals surface area contributed by atoms with E-state index >= 15 is 0 Å². The summed E-state index contributed by atoms with van der Waals surface area (Å²) in [6, 6.07) is 7.72. The molecule has 154 valence electrons. The number of ether oxygens (including phenoxy) is 1. The maximum Gasteiger partial charge on any atom is 0.416 e. The van der Waals surface area contributed by atoms with E-state index in [4.69, 9.17) is 9.84 Å². The Kier molecular flexibility index (Phi) is 5.67. The van der Waals surface area contributed by atoms with Crippen molar-refractivity contribution in [3.63, 3.8) is 0 Å². The molecule has 2 aromatic carbocycles. The SMILES string of the molecule is COc1ccc(CC(=O)O)cc1-c1ccc(C(F)(F)F)cc1CN1CCNC1=O. The van der Waals surface area contributed by atoms with Crippen LogP contribution in [0.1, 0.15) is 16.7 Å². The molecule has 0 unspecified atom stereocenters. The minimum absolute atomic E-state index is 0.0165. The molecule has 29 heavy (non-hydrogen) atoms. The van der Waals surface area contributed by atoms with Crippen molar-refractivity contribution in [2.75, 3.05) is 20.2 Å². The molecule has 2 amide bonds. The molecule has 0 spiro atoms. The predicted molar refractivity (Wildman–Crippen MR) is 98.6 cm³/mol. The van der Waals surface area contributed by atoms with Gasteiger partial charge in [0.15, 0.2) is 0 Å². The summed E-state index contributed by atoms with van der Waals surface area (Å²) in [7, 11) is 1.42. The second kappa shape index (κ2) is 8.02. The molecule has 6 nitrogen and oxygen atoms in total. The summed E-state index contributed by atoms with van der Waals surface area (Å²) in [6.45, 7) is 0.784. The first-order chi connectivity index (χ1) is 13.7. The molecule has 1 heterocycles. The fourth-order valence-corrected chi connectivity index (χ4v) is 3.28. The van der Waals surface area contributed by atoms with Gasteiger partial charge in [0.05, 0.1) is 19.1 Å². The lowest BCUT2D eigenvalue weighted by molar-refractivity contribution is -0.138. The van der Waals surface area contributed by atoms with Crippen molar-refractivity contribution < 1.29 is 32.6 Å². The minimum atomic E-state index is -4.53. The predicted octanol–water partition coefficient (Wildman–Crippen LogP) is 3.53. The Morgan fingerprint density at radius 2 is 1.97 bits per heavy atom. The third-order valence-corrected chi connectivity index (χ3v) is 4.65. The van der Waals surface area contributed by atoms with Crippen LogP contribution in [0.25, 0.3) is 11.1 Å². The molecule has 0 radical (unpaired) electrons. The van der Waals surface area contributed by atoms with Crippen molar-refractivity contribution >= 4 is 12.0 Å². The van der Waals surface area contributed by atoms with Crippen LogP contribution in [0.15, 0.2) is 36.4 Å². The minimum Gasteiger partial charge on any atom is -0.496 e. The molecule has 0 atom stereocenters. The number of rotatable bonds is 6. The van der Waals surface area contributed by atoms with E-state index in [1.807, 2.05) is 0 Å². The van der Waals surface area contributed by atoms with E-state index in [1.54, 1.807) is 18.2 Å². The Morgan fingerprint density at radius 1 is 1.21 bits per heavy atom. The highest BCUT2D eigenvalue weighted by Crippen LogP contribution is 2.38. The standard InChI is InChI=1S/C20H19F3N2O4/c1-29-17-5-2-12(9-18(26)27)8-16(17)15-4-3-14(20(21,22)23)10-13(15)11-25-7-6-24-19(25)28/h2-5,8,10H,6-7,9,11H2,1H3,(H,24,28)(H,26,27). The van der Waals surface area contributed by atoms with E-state index in [2.05, 4.69) is 5.32 Å². The first kappa shape index (κ1) is 20.5. The second-order valence-corrected chi connectivity index (χ2v) is 6.63. The lowest BCUT2D eigenvalue weighted by Crippen LogP contribution is -2.28. The highest BCUT2D eigenvalue weighted by Gasteiger charge is 2.32. The molecule has 0 bridgehead atoms. The number of hydrogen-bond donors (Lipinski definition) is 2. The quantitative estimate of drug-likeness (QED) is 0.767. The van der Waals surface area contributed by atoms with E-state index in [1.165, 1.54) is 18.1 Å². The van der Waals surface area contributed by atoms with Crippen LogP contribution < -0.4 is 10.1 Å². The highest BCUT2D eigenvalue weighted by molar-refractivity contribution is 5.79. The van der Waals surface area contributed by atoms with Crippen LogP contribution in [0.5, 0.6) is 5.75 Å². The molecule has 2 N–H and O–H groups in total. The first-order valence-corrected chi connectivity index (χ1v) is 8.81. The molecule has 9 heteroatoms. The van der Waals surface area contributed by atoms with Gasteiger partial charge >= 0.3 is 18.2 Å². The summed E-state index contributed by atoms with van der Waals surface area (Å²) in [5.74, 6) is -0.631. The number of carbonyl (C=O) groups is 2. The monoisotopic (exact) mass is 408 g/mol. The van der Waals surface area contributed by atoms with Crippen molar-refractivity contribution in [1.29, 1.82) is 0 Å². The molecule has 0 aliphatic carbocycles. The van der Waals surface area contributed by atoms with Gasteiger partial charge in [0.2, 0.25) is 0 Å². The van der Waals surface area contributed by atoms with Gasteiger partial charge in [0.25, 0.3) is 0 Å². The number of alkyl halides is 3. The molecular weight excluding hydrogens is 389 g/mol. The van der Waals surface area contributed by atoms with Crippen LogP contribution in [0, 0.1) is 0 Å². The number of benzene rings is 2. The van der Waals surface area contributed by atoms with E-state index in [9.17, 15) is 22.8 Å².